The Balaban J connectivity index is 2.45. The van der Waals surface area contributed by atoms with Crippen molar-refractivity contribution in [1.82, 2.24) is 0 Å². The van der Waals surface area contributed by atoms with Gasteiger partial charge in [-0.05, 0) is 36.8 Å². The third kappa shape index (κ3) is 3.63. The Morgan fingerprint density at radius 3 is 2.48 bits per heavy atom. The number of hydrogen-bond acceptors (Lipinski definition) is 3. The first-order chi connectivity index (χ1) is 9.70. The molecule has 0 unspecified atom stereocenters. The van der Waals surface area contributed by atoms with Crippen LogP contribution in [0.25, 0.3) is 0 Å². The van der Waals surface area contributed by atoms with Crippen LogP contribution in [-0.2, 0) is 10.0 Å². The van der Waals surface area contributed by atoms with Crippen LogP contribution >= 0.6 is 39.1 Å². The number of benzene rings is 2. The summed E-state index contributed by atoms with van der Waals surface area (Å²) < 4.78 is 27.8. The van der Waals surface area contributed by atoms with Crippen molar-refractivity contribution in [3.8, 4) is 5.75 Å². The molecule has 4 nitrogen and oxygen atoms in total. The van der Waals surface area contributed by atoms with Gasteiger partial charge in [-0.3, -0.25) is 4.72 Å². The fourth-order valence-corrected chi connectivity index (χ4v) is 3.80. The predicted octanol–water partition coefficient (Wildman–Crippen LogP) is 4.57. The highest BCUT2D eigenvalue weighted by Gasteiger charge is 2.22. The molecule has 21 heavy (non-hydrogen) atoms. The number of hydrogen-bond donors (Lipinski definition) is 2. The number of nitrogens with one attached hydrogen (secondary N) is 1. The van der Waals surface area contributed by atoms with Crippen molar-refractivity contribution in [3.05, 3.63) is 50.4 Å². The molecule has 0 bridgehead atoms. The van der Waals surface area contributed by atoms with Gasteiger partial charge >= 0.3 is 0 Å². The maximum Gasteiger partial charge on any atom is 0.265 e. The Kier molecular flexibility index (Phi) is 4.72. The molecule has 0 aliphatic carbocycles. The molecular formula is C13H10BrCl2NO3S. The molecule has 0 aromatic heterocycles. The number of aryl methyl sites for hydroxylation is 1. The van der Waals surface area contributed by atoms with Gasteiger partial charge in [0.05, 0.1) is 5.02 Å². The van der Waals surface area contributed by atoms with Gasteiger partial charge in [0.15, 0.2) is 5.75 Å². The molecule has 0 atom stereocenters. The molecule has 2 aromatic carbocycles. The van der Waals surface area contributed by atoms with Crippen LogP contribution in [0.4, 0.5) is 5.69 Å². The smallest absolute Gasteiger partial charge is 0.265 e. The fraction of sp³-hybridized carbons (Fsp3) is 0.0769. The molecule has 0 fully saturated rings. The second-order valence-corrected chi connectivity index (χ2v) is 7.65. The molecule has 0 aliphatic rings. The number of phenolic OH excluding ortho intramolecular Hbond substituents is 1. The van der Waals surface area contributed by atoms with E-state index in [2.05, 4.69) is 20.7 Å². The van der Waals surface area contributed by atoms with E-state index < -0.39 is 15.8 Å². The molecule has 0 radical (unpaired) electrons. The van der Waals surface area contributed by atoms with Crippen molar-refractivity contribution >= 4 is 54.8 Å². The van der Waals surface area contributed by atoms with E-state index >= 15 is 0 Å². The van der Waals surface area contributed by atoms with Crippen LogP contribution in [0.5, 0.6) is 5.75 Å². The summed E-state index contributed by atoms with van der Waals surface area (Å²) in [4.78, 5) is -0.378. The minimum Gasteiger partial charge on any atom is -0.505 e. The van der Waals surface area contributed by atoms with Crippen molar-refractivity contribution in [2.24, 2.45) is 0 Å². The average molecular weight is 411 g/mol. The van der Waals surface area contributed by atoms with Crippen molar-refractivity contribution in [3.63, 3.8) is 0 Å². The molecule has 0 heterocycles. The van der Waals surface area contributed by atoms with Crippen LogP contribution in [0.2, 0.25) is 10.0 Å². The van der Waals surface area contributed by atoms with Gasteiger partial charge in [-0.15, -0.1) is 0 Å². The molecule has 0 spiro atoms. The van der Waals surface area contributed by atoms with Crippen LogP contribution in [0.3, 0.4) is 0 Å². The molecule has 0 amide bonds. The maximum atomic E-state index is 12.3. The Morgan fingerprint density at radius 1 is 1.19 bits per heavy atom. The van der Waals surface area contributed by atoms with Gasteiger partial charge in [-0.2, -0.15) is 0 Å². The standard InChI is InChI=1S/C13H10BrCl2NO3S/c1-7-2-3-9(6-10(7)14)17-21(19,20)12-5-8(15)4-11(16)13(12)18/h2-6,17-18H,1H3. The van der Waals surface area contributed by atoms with Gasteiger partial charge in [-0.25, -0.2) is 8.42 Å². The van der Waals surface area contributed by atoms with Crippen LogP contribution in [0, 0.1) is 6.92 Å². The summed E-state index contributed by atoms with van der Waals surface area (Å²) in [7, 11) is -4.01. The van der Waals surface area contributed by atoms with Gasteiger partial charge in [0.2, 0.25) is 0 Å². The Hall–Kier alpha value is -0.950. The molecule has 112 valence electrons. The van der Waals surface area contributed by atoms with Gasteiger partial charge in [-0.1, -0.05) is 45.2 Å². The van der Waals surface area contributed by atoms with Crippen LogP contribution in [-0.4, -0.2) is 13.5 Å². The van der Waals surface area contributed by atoms with Crippen LogP contribution < -0.4 is 4.72 Å². The van der Waals surface area contributed by atoms with E-state index in [1.54, 1.807) is 18.2 Å². The van der Waals surface area contributed by atoms with E-state index in [0.717, 1.165) is 16.1 Å². The highest BCUT2D eigenvalue weighted by molar-refractivity contribution is 9.10. The quantitative estimate of drug-likeness (QED) is 0.778. The summed E-state index contributed by atoms with van der Waals surface area (Å²) in [5.41, 5.74) is 1.31. The minimum atomic E-state index is -4.01. The normalized spacial score (nSPS) is 11.4. The lowest BCUT2D eigenvalue weighted by Gasteiger charge is -2.11. The third-order valence-electron chi connectivity index (χ3n) is 2.71. The summed E-state index contributed by atoms with van der Waals surface area (Å²) in [5.74, 6) is -0.542. The Labute approximate surface area is 140 Å². The summed E-state index contributed by atoms with van der Waals surface area (Å²) in [6.45, 7) is 1.88. The van der Waals surface area contributed by atoms with Crippen LogP contribution in [0.15, 0.2) is 39.7 Å². The highest BCUT2D eigenvalue weighted by atomic mass is 79.9. The Morgan fingerprint density at radius 2 is 1.86 bits per heavy atom. The minimum absolute atomic E-state index is 0.114. The molecule has 0 saturated carbocycles. The number of halogens is 3. The number of aromatic hydroxyl groups is 1. The van der Waals surface area contributed by atoms with Crippen molar-refractivity contribution < 1.29 is 13.5 Å². The molecule has 0 aliphatic heterocycles. The molecular weight excluding hydrogens is 401 g/mol. The van der Waals surface area contributed by atoms with E-state index in [-0.39, 0.29) is 14.9 Å². The topological polar surface area (TPSA) is 66.4 Å². The first-order valence-corrected chi connectivity index (χ1v) is 8.71. The first-order valence-electron chi connectivity index (χ1n) is 5.67. The second kappa shape index (κ2) is 6.04. The molecule has 2 rings (SSSR count). The second-order valence-electron chi connectivity index (χ2n) is 4.30. The van der Waals surface area contributed by atoms with Crippen molar-refractivity contribution in [2.75, 3.05) is 4.72 Å². The lowest BCUT2D eigenvalue weighted by atomic mass is 10.2. The van der Waals surface area contributed by atoms with Gasteiger partial charge in [0, 0.05) is 15.2 Å². The van der Waals surface area contributed by atoms with Gasteiger partial charge in [0.25, 0.3) is 10.0 Å². The third-order valence-corrected chi connectivity index (χ3v) is 5.46. The number of sulfonamides is 1. The maximum absolute atomic E-state index is 12.3. The molecule has 8 heteroatoms. The zero-order chi connectivity index (χ0) is 15.8. The summed E-state index contributed by atoms with van der Waals surface area (Å²) in [5, 5.41) is 9.80. The van der Waals surface area contributed by atoms with Gasteiger partial charge in [0.1, 0.15) is 4.90 Å². The SMILES string of the molecule is Cc1ccc(NS(=O)(=O)c2cc(Cl)cc(Cl)c2O)cc1Br. The molecule has 2 N–H and O–H groups in total. The average Bonchev–Trinajstić information content (AvgIpc) is 2.37. The van der Waals surface area contributed by atoms with Crippen molar-refractivity contribution in [1.29, 1.82) is 0 Å². The summed E-state index contributed by atoms with van der Waals surface area (Å²) in [6, 6.07) is 7.39. The monoisotopic (exact) mass is 409 g/mol. The van der Waals surface area contributed by atoms with E-state index in [1.807, 2.05) is 6.92 Å². The number of phenols is 1. The van der Waals surface area contributed by atoms with Gasteiger partial charge < -0.3 is 5.11 Å². The lowest BCUT2D eigenvalue weighted by molar-refractivity contribution is 0.459. The first kappa shape index (κ1) is 16.4. The Bertz CT molecular complexity index is 809. The largest absolute Gasteiger partial charge is 0.505 e. The lowest BCUT2D eigenvalue weighted by Crippen LogP contribution is -2.13. The fourth-order valence-electron chi connectivity index (χ4n) is 1.61. The zero-order valence-corrected chi connectivity index (χ0v) is 14.6. The molecule has 2 aromatic rings. The molecule has 0 saturated heterocycles. The van der Waals surface area contributed by atoms with Crippen LogP contribution in [0.1, 0.15) is 5.56 Å². The summed E-state index contributed by atoms with van der Waals surface area (Å²) in [6.07, 6.45) is 0. The summed E-state index contributed by atoms with van der Waals surface area (Å²) >= 11 is 14.8. The number of rotatable bonds is 3. The van der Waals surface area contributed by atoms with E-state index in [4.69, 9.17) is 23.2 Å². The van der Waals surface area contributed by atoms with E-state index in [1.165, 1.54) is 6.07 Å². The van der Waals surface area contributed by atoms with Crippen molar-refractivity contribution in [2.45, 2.75) is 11.8 Å². The predicted molar refractivity (Wildman–Crippen MR) is 87.8 cm³/mol. The number of anilines is 1. The van der Waals surface area contributed by atoms with E-state index in [9.17, 15) is 13.5 Å². The van der Waals surface area contributed by atoms with E-state index in [0.29, 0.717) is 5.69 Å². The highest BCUT2D eigenvalue weighted by Crippen LogP contribution is 2.35. The zero-order valence-electron chi connectivity index (χ0n) is 10.7.